The number of aromatic nitrogens is 2. The second kappa shape index (κ2) is 4.79. The number of rotatable bonds is 2. The molecule has 0 radical (unpaired) electrons. The Morgan fingerprint density at radius 2 is 2.24 bits per heavy atom. The van der Waals surface area contributed by atoms with Gasteiger partial charge >= 0.3 is 0 Å². The van der Waals surface area contributed by atoms with Gasteiger partial charge in [-0.05, 0) is 25.4 Å². The summed E-state index contributed by atoms with van der Waals surface area (Å²) in [6.07, 6.45) is 1.44. The fourth-order valence-electron chi connectivity index (χ4n) is 1.82. The number of hydrogen-bond donors (Lipinski definition) is 0. The summed E-state index contributed by atoms with van der Waals surface area (Å²) in [6, 6.07) is 0.185. The third-order valence-corrected chi connectivity index (χ3v) is 3.39. The maximum Gasteiger partial charge on any atom is 0.267 e. The van der Waals surface area contributed by atoms with Gasteiger partial charge in [0.15, 0.2) is 0 Å². The second-order valence-corrected chi connectivity index (χ2v) is 4.98. The van der Waals surface area contributed by atoms with E-state index < -0.39 is 0 Å². The molecule has 0 saturated carbocycles. The number of nitrogens with zero attached hydrogens (tertiary/aromatic N) is 4. The third kappa shape index (κ3) is 2.44. The summed E-state index contributed by atoms with van der Waals surface area (Å²) in [4.78, 5) is 27.6. The fourth-order valence-corrected chi connectivity index (χ4v) is 2.31. The van der Waals surface area contributed by atoms with Crippen LogP contribution in [0.1, 0.15) is 23.5 Å². The van der Waals surface area contributed by atoms with Crippen molar-refractivity contribution in [2.75, 3.05) is 19.6 Å². The minimum Gasteiger partial charge on any atom is -0.337 e. The van der Waals surface area contributed by atoms with Crippen LogP contribution in [0.2, 0.25) is 0 Å². The Kier molecular flexibility index (Phi) is 3.37. The lowest BCUT2D eigenvalue weighted by Gasteiger charge is -2.36. The molecule has 1 fully saturated rings. The van der Waals surface area contributed by atoms with Crippen molar-refractivity contribution in [1.82, 2.24) is 19.4 Å². The Morgan fingerprint density at radius 1 is 1.47 bits per heavy atom. The van der Waals surface area contributed by atoms with E-state index in [1.165, 1.54) is 6.20 Å². The molecule has 0 aliphatic carbocycles. The molecule has 1 aromatic rings. The molecule has 1 aliphatic heterocycles. The number of hydrogen-bond acceptors (Lipinski definition) is 5. The van der Waals surface area contributed by atoms with Crippen LogP contribution in [0, 0.1) is 0 Å². The van der Waals surface area contributed by atoms with Crippen molar-refractivity contribution in [3.05, 3.63) is 11.1 Å². The van der Waals surface area contributed by atoms with Gasteiger partial charge in [0.1, 0.15) is 11.4 Å². The van der Waals surface area contributed by atoms with Crippen molar-refractivity contribution in [3.8, 4) is 0 Å². The van der Waals surface area contributed by atoms with Crippen molar-refractivity contribution in [3.63, 3.8) is 0 Å². The summed E-state index contributed by atoms with van der Waals surface area (Å²) in [7, 11) is 0. The average molecular weight is 254 g/mol. The van der Waals surface area contributed by atoms with Gasteiger partial charge < -0.3 is 9.80 Å². The van der Waals surface area contributed by atoms with Crippen LogP contribution in [0.25, 0.3) is 0 Å². The van der Waals surface area contributed by atoms with Crippen LogP contribution in [0.3, 0.4) is 0 Å². The first kappa shape index (κ1) is 12.0. The molecule has 6 nitrogen and oxygen atoms in total. The highest BCUT2D eigenvalue weighted by Crippen LogP contribution is 2.12. The van der Waals surface area contributed by atoms with Gasteiger partial charge in [0, 0.05) is 19.1 Å². The van der Waals surface area contributed by atoms with Gasteiger partial charge in [-0.1, -0.05) is 4.49 Å². The van der Waals surface area contributed by atoms with E-state index in [9.17, 15) is 9.59 Å². The molecule has 0 atom stereocenters. The van der Waals surface area contributed by atoms with Crippen LogP contribution in [0.4, 0.5) is 0 Å². The minimum atomic E-state index is -0.156. The van der Waals surface area contributed by atoms with E-state index in [1.54, 1.807) is 9.80 Å². The number of amides is 2. The van der Waals surface area contributed by atoms with Gasteiger partial charge in [-0.25, -0.2) is 0 Å². The van der Waals surface area contributed by atoms with Crippen LogP contribution in [-0.4, -0.2) is 56.9 Å². The van der Waals surface area contributed by atoms with Crippen molar-refractivity contribution in [1.29, 1.82) is 0 Å². The fraction of sp³-hybridized carbons (Fsp3) is 0.600. The molecule has 0 N–H and O–H groups in total. The first-order valence-electron chi connectivity index (χ1n) is 5.45. The molecule has 2 rings (SSSR count). The second-order valence-electron chi connectivity index (χ2n) is 4.19. The summed E-state index contributed by atoms with van der Waals surface area (Å²) in [5.41, 5.74) is 0. The Morgan fingerprint density at radius 3 is 2.76 bits per heavy atom. The maximum atomic E-state index is 12.0. The Bertz CT molecular complexity index is 418. The summed E-state index contributed by atoms with van der Waals surface area (Å²) in [5, 5.41) is 3.63. The molecular weight excluding hydrogens is 240 g/mol. The van der Waals surface area contributed by atoms with Gasteiger partial charge in [0.2, 0.25) is 5.91 Å². The van der Waals surface area contributed by atoms with E-state index in [4.69, 9.17) is 0 Å². The lowest BCUT2D eigenvalue weighted by atomic mass is 10.2. The van der Waals surface area contributed by atoms with Gasteiger partial charge in [0.05, 0.1) is 6.20 Å². The molecule has 0 spiro atoms. The summed E-state index contributed by atoms with van der Waals surface area (Å²) in [5.74, 6) is -0.158. The van der Waals surface area contributed by atoms with E-state index in [1.807, 2.05) is 13.8 Å². The van der Waals surface area contributed by atoms with Crippen LogP contribution in [0.15, 0.2) is 6.20 Å². The Labute approximate surface area is 103 Å². The molecule has 0 aromatic carbocycles. The quantitative estimate of drug-likeness (QED) is 0.758. The zero-order chi connectivity index (χ0) is 12.4. The van der Waals surface area contributed by atoms with E-state index in [-0.39, 0.29) is 24.4 Å². The molecule has 1 aromatic heterocycles. The summed E-state index contributed by atoms with van der Waals surface area (Å²) < 4.78 is 3.65. The standard InChI is InChI=1S/C10H14N4O2S/c1-7(2)14-4-3-13(6-9(14)15)10(16)8-5-11-12-17-8/h5,7H,3-4,6H2,1-2H3. The molecule has 2 amide bonds. The average Bonchev–Trinajstić information content (AvgIpc) is 2.80. The highest BCUT2D eigenvalue weighted by Gasteiger charge is 2.29. The predicted molar refractivity (Wildman–Crippen MR) is 62.7 cm³/mol. The third-order valence-electron chi connectivity index (χ3n) is 2.74. The van der Waals surface area contributed by atoms with E-state index >= 15 is 0 Å². The molecule has 0 bridgehead atoms. The smallest absolute Gasteiger partial charge is 0.267 e. The number of piperazine rings is 1. The lowest BCUT2D eigenvalue weighted by molar-refractivity contribution is -0.136. The summed E-state index contributed by atoms with van der Waals surface area (Å²) in [6.45, 7) is 5.26. The van der Waals surface area contributed by atoms with Crippen molar-refractivity contribution >= 4 is 23.3 Å². The number of carbonyl (C=O) groups is 2. The highest BCUT2D eigenvalue weighted by molar-refractivity contribution is 7.07. The molecule has 1 aliphatic rings. The molecule has 92 valence electrons. The molecule has 17 heavy (non-hydrogen) atoms. The first-order chi connectivity index (χ1) is 8.09. The molecule has 0 unspecified atom stereocenters. The monoisotopic (exact) mass is 254 g/mol. The zero-order valence-corrected chi connectivity index (χ0v) is 10.6. The Balaban J connectivity index is 2.03. The van der Waals surface area contributed by atoms with Gasteiger partial charge in [-0.2, -0.15) is 0 Å². The van der Waals surface area contributed by atoms with Crippen molar-refractivity contribution in [2.24, 2.45) is 0 Å². The van der Waals surface area contributed by atoms with Crippen molar-refractivity contribution < 1.29 is 9.59 Å². The molecule has 2 heterocycles. The highest BCUT2D eigenvalue weighted by atomic mass is 32.1. The van der Waals surface area contributed by atoms with Crippen LogP contribution in [0.5, 0.6) is 0 Å². The van der Waals surface area contributed by atoms with Crippen molar-refractivity contribution in [2.45, 2.75) is 19.9 Å². The molecule has 1 saturated heterocycles. The van der Waals surface area contributed by atoms with Gasteiger partial charge in [-0.3, -0.25) is 9.59 Å². The van der Waals surface area contributed by atoms with E-state index in [0.29, 0.717) is 18.0 Å². The predicted octanol–water partition coefficient (Wildman–Crippen LogP) is 0.231. The largest absolute Gasteiger partial charge is 0.337 e. The lowest BCUT2D eigenvalue weighted by Crippen LogP contribution is -2.54. The van der Waals surface area contributed by atoms with Gasteiger partial charge in [0.25, 0.3) is 5.91 Å². The van der Waals surface area contributed by atoms with Crippen LogP contribution in [-0.2, 0) is 4.79 Å². The van der Waals surface area contributed by atoms with Crippen LogP contribution >= 0.6 is 11.5 Å². The minimum absolute atomic E-state index is 0.00271. The SMILES string of the molecule is CC(C)N1CCN(C(=O)c2cnns2)CC1=O. The van der Waals surface area contributed by atoms with E-state index in [0.717, 1.165) is 11.5 Å². The van der Waals surface area contributed by atoms with Crippen LogP contribution < -0.4 is 0 Å². The Hall–Kier alpha value is -1.50. The molecular formula is C10H14N4O2S. The first-order valence-corrected chi connectivity index (χ1v) is 6.23. The van der Waals surface area contributed by atoms with E-state index in [2.05, 4.69) is 9.59 Å². The topological polar surface area (TPSA) is 66.4 Å². The normalized spacial score (nSPS) is 16.8. The summed E-state index contributed by atoms with van der Waals surface area (Å²) >= 11 is 1.06. The molecule has 7 heteroatoms. The maximum absolute atomic E-state index is 12.0. The number of carbonyl (C=O) groups excluding carboxylic acids is 2. The zero-order valence-electron chi connectivity index (χ0n) is 9.79. The van der Waals surface area contributed by atoms with Gasteiger partial charge in [-0.15, -0.1) is 5.10 Å².